The topological polar surface area (TPSA) is 42.4 Å². The number of hydrogen-bond donors (Lipinski definition) is 0. The maximum Gasteiger partial charge on any atom is 0.248 e. The van der Waals surface area contributed by atoms with Crippen molar-refractivity contribution in [2.24, 2.45) is 0 Å². The van der Waals surface area contributed by atoms with Gasteiger partial charge in [-0.1, -0.05) is 48.3 Å². The average molecular weight is 476 g/mol. The molecule has 2 atom stereocenters. The summed E-state index contributed by atoms with van der Waals surface area (Å²) >= 11 is 18.6. The van der Waals surface area contributed by atoms with Crippen molar-refractivity contribution in [3.05, 3.63) is 87.7 Å². The van der Waals surface area contributed by atoms with Crippen LogP contribution >= 0.6 is 34.8 Å². The average Bonchev–Trinajstić information content (AvgIpc) is 2.79. The maximum atomic E-state index is 12.4. The Morgan fingerprint density at radius 3 is 2.48 bits per heavy atom. The molecule has 0 radical (unpaired) electrons. The third-order valence-electron chi connectivity index (χ3n) is 5.34. The van der Waals surface area contributed by atoms with E-state index in [2.05, 4.69) is 18.0 Å². The lowest BCUT2D eigenvalue weighted by molar-refractivity contribution is -0.123. The van der Waals surface area contributed by atoms with Gasteiger partial charge in [0, 0.05) is 23.3 Å². The molecule has 1 amide bonds. The number of benzene rings is 2. The Morgan fingerprint density at radius 1 is 1.06 bits per heavy atom. The first kappa shape index (κ1) is 21.9. The van der Waals surface area contributed by atoms with Gasteiger partial charge < -0.3 is 9.64 Å². The van der Waals surface area contributed by atoms with Crippen LogP contribution in [-0.4, -0.2) is 22.9 Å². The quantitative estimate of drug-likeness (QED) is 0.299. The molecule has 2 unspecified atom stereocenters. The van der Waals surface area contributed by atoms with Crippen LogP contribution in [0.3, 0.4) is 0 Å². The molecule has 2 heterocycles. The number of ether oxygens (including phenoxy) is 1. The first-order valence-electron chi connectivity index (χ1n) is 10.1. The van der Waals surface area contributed by atoms with Crippen LogP contribution in [0, 0.1) is 0 Å². The molecule has 1 aromatic heterocycles. The number of pyridine rings is 1. The van der Waals surface area contributed by atoms with Crippen molar-refractivity contribution in [1.29, 1.82) is 0 Å². The lowest BCUT2D eigenvalue weighted by atomic mass is 9.92. The normalized spacial score (nSPS) is 18.1. The van der Waals surface area contributed by atoms with Crippen LogP contribution in [0.5, 0.6) is 5.75 Å². The van der Waals surface area contributed by atoms with Crippen LogP contribution in [0.15, 0.2) is 60.8 Å². The highest BCUT2D eigenvalue weighted by Gasteiger charge is 2.48. The van der Waals surface area contributed by atoms with Crippen molar-refractivity contribution in [2.75, 3.05) is 11.5 Å². The second-order valence-electron chi connectivity index (χ2n) is 7.33. The molecule has 1 saturated heterocycles. The molecule has 0 bridgehead atoms. The first-order chi connectivity index (χ1) is 15.0. The van der Waals surface area contributed by atoms with Crippen molar-refractivity contribution in [3.8, 4) is 5.75 Å². The summed E-state index contributed by atoms with van der Waals surface area (Å²) < 4.78 is 5.86. The van der Waals surface area contributed by atoms with Gasteiger partial charge in [-0.25, -0.2) is 0 Å². The van der Waals surface area contributed by atoms with E-state index in [0.717, 1.165) is 29.8 Å². The fourth-order valence-corrected chi connectivity index (χ4v) is 4.43. The standard InChI is InChI=1S/C24H21Cl3N2O2/c1-2-15-3-7-18(28-14-15)11-12-31-19-8-4-16(5-9-19)23-22(27)24(30)29(23)21-10-6-17(25)13-20(21)26/h3-10,13-14,22-23H,2,11-12H2,1H3. The monoisotopic (exact) mass is 474 g/mol. The number of halogens is 3. The fourth-order valence-electron chi connectivity index (χ4n) is 3.56. The summed E-state index contributed by atoms with van der Waals surface area (Å²) in [4.78, 5) is 18.5. The van der Waals surface area contributed by atoms with Crippen LogP contribution in [-0.2, 0) is 17.6 Å². The summed E-state index contributed by atoms with van der Waals surface area (Å²) in [5.41, 5.74) is 3.73. The van der Waals surface area contributed by atoms with Gasteiger partial charge in [-0.05, 0) is 53.9 Å². The van der Waals surface area contributed by atoms with Crippen LogP contribution in [0.4, 0.5) is 5.69 Å². The minimum atomic E-state index is -0.643. The molecule has 1 aliphatic heterocycles. The highest BCUT2D eigenvalue weighted by atomic mass is 35.5. The van der Waals surface area contributed by atoms with Gasteiger partial charge in [-0.15, -0.1) is 11.6 Å². The Morgan fingerprint density at radius 2 is 1.84 bits per heavy atom. The van der Waals surface area contributed by atoms with Gasteiger partial charge in [0.25, 0.3) is 0 Å². The minimum Gasteiger partial charge on any atom is -0.493 e. The number of aryl methyl sites for hydroxylation is 1. The number of amides is 1. The molecule has 3 aromatic rings. The van der Waals surface area contributed by atoms with Crippen LogP contribution in [0.25, 0.3) is 0 Å². The summed E-state index contributed by atoms with van der Waals surface area (Å²) in [6.07, 6.45) is 3.62. The van der Waals surface area contributed by atoms with E-state index in [1.807, 2.05) is 36.5 Å². The molecule has 1 fully saturated rings. The molecule has 160 valence electrons. The molecule has 4 nitrogen and oxygen atoms in total. The molecule has 1 aliphatic rings. The molecule has 31 heavy (non-hydrogen) atoms. The second-order valence-corrected chi connectivity index (χ2v) is 8.64. The number of β-lactam (4-membered cyclic amide) rings is 1. The number of alkyl halides is 1. The van der Waals surface area contributed by atoms with E-state index in [4.69, 9.17) is 39.5 Å². The zero-order chi connectivity index (χ0) is 22.0. The van der Waals surface area contributed by atoms with Gasteiger partial charge in [0.2, 0.25) is 5.91 Å². The minimum absolute atomic E-state index is 0.183. The molecule has 7 heteroatoms. The number of anilines is 1. The Kier molecular flexibility index (Phi) is 6.71. The first-order valence-corrected chi connectivity index (χ1v) is 11.3. The highest BCUT2D eigenvalue weighted by molar-refractivity contribution is 6.40. The van der Waals surface area contributed by atoms with E-state index in [9.17, 15) is 4.79 Å². The molecule has 2 aromatic carbocycles. The Balaban J connectivity index is 1.41. The highest BCUT2D eigenvalue weighted by Crippen LogP contribution is 2.45. The predicted octanol–water partition coefficient (Wildman–Crippen LogP) is 6.27. The molecule has 0 saturated carbocycles. The van der Waals surface area contributed by atoms with Gasteiger partial charge in [-0.3, -0.25) is 9.78 Å². The fraction of sp³-hybridized carbons (Fsp3) is 0.250. The molecule has 0 N–H and O–H groups in total. The summed E-state index contributed by atoms with van der Waals surface area (Å²) in [6.45, 7) is 2.64. The number of carbonyl (C=O) groups is 1. The zero-order valence-corrected chi connectivity index (χ0v) is 19.2. The molecule has 0 spiro atoms. The smallest absolute Gasteiger partial charge is 0.248 e. The third kappa shape index (κ3) is 4.67. The number of hydrogen-bond acceptors (Lipinski definition) is 3. The molecular weight excluding hydrogens is 455 g/mol. The Labute approximate surface area is 196 Å². The van der Waals surface area contributed by atoms with E-state index in [-0.39, 0.29) is 11.9 Å². The van der Waals surface area contributed by atoms with Gasteiger partial charge in [0.15, 0.2) is 0 Å². The molecule has 0 aliphatic carbocycles. The van der Waals surface area contributed by atoms with E-state index >= 15 is 0 Å². The van der Waals surface area contributed by atoms with Crippen molar-refractivity contribution < 1.29 is 9.53 Å². The van der Waals surface area contributed by atoms with E-state index < -0.39 is 5.38 Å². The van der Waals surface area contributed by atoms with Crippen LogP contribution in [0.1, 0.15) is 29.8 Å². The Bertz CT molecular complexity index is 1070. The SMILES string of the molecule is CCc1ccc(CCOc2ccc(C3C(Cl)C(=O)N3c3ccc(Cl)cc3Cl)cc2)nc1. The molecule has 4 rings (SSSR count). The largest absolute Gasteiger partial charge is 0.493 e. The van der Waals surface area contributed by atoms with Gasteiger partial charge >= 0.3 is 0 Å². The third-order valence-corrected chi connectivity index (χ3v) is 6.30. The maximum absolute atomic E-state index is 12.4. The van der Waals surface area contributed by atoms with Gasteiger partial charge in [0.1, 0.15) is 11.1 Å². The van der Waals surface area contributed by atoms with Crippen LogP contribution in [0.2, 0.25) is 10.0 Å². The van der Waals surface area contributed by atoms with Crippen molar-refractivity contribution >= 4 is 46.4 Å². The summed E-state index contributed by atoms with van der Waals surface area (Å²) in [5, 5.41) is 0.282. The van der Waals surface area contributed by atoms with Gasteiger partial charge in [0.05, 0.1) is 23.4 Å². The summed E-state index contributed by atoms with van der Waals surface area (Å²) in [7, 11) is 0. The second kappa shape index (κ2) is 9.47. The van der Waals surface area contributed by atoms with Crippen molar-refractivity contribution in [2.45, 2.75) is 31.2 Å². The van der Waals surface area contributed by atoms with E-state index in [1.165, 1.54) is 5.56 Å². The summed E-state index contributed by atoms with van der Waals surface area (Å²) in [5.74, 6) is 0.569. The predicted molar refractivity (Wildman–Crippen MR) is 126 cm³/mol. The van der Waals surface area contributed by atoms with Crippen molar-refractivity contribution in [3.63, 3.8) is 0 Å². The number of carbonyl (C=O) groups excluding carboxylic acids is 1. The van der Waals surface area contributed by atoms with E-state index in [0.29, 0.717) is 22.3 Å². The number of nitrogens with zero attached hydrogens (tertiary/aromatic N) is 2. The van der Waals surface area contributed by atoms with Crippen LogP contribution < -0.4 is 9.64 Å². The molecular formula is C24H21Cl3N2O2. The zero-order valence-electron chi connectivity index (χ0n) is 16.9. The lowest BCUT2D eigenvalue weighted by Gasteiger charge is -2.44. The van der Waals surface area contributed by atoms with E-state index in [1.54, 1.807) is 23.1 Å². The number of rotatable bonds is 7. The van der Waals surface area contributed by atoms with Crippen molar-refractivity contribution in [1.82, 2.24) is 4.98 Å². The number of aromatic nitrogens is 1. The summed E-state index contributed by atoms with van der Waals surface area (Å²) in [6, 6.07) is 16.5. The lowest BCUT2D eigenvalue weighted by Crippen LogP contribution is -2.56. The Hall–Kier alpha value is -2.27. The van der Waals surface area contributed by atoms with Gasteiger partial charge in [-0.2, -0.15) is 0 Å².